The maximum Gasteiger partial charge on any atom is 0.133 e. The zero-order valence-electron chi connectivity index (χ0n) is 19.9. The molecule has 1 aliphatic rings. The Morgan fingerprint density at radius 1 is 1.09 bits per heavy atom. The standard InChI is InChI=1S/C27H30N6O/c1-27(2,34)18-33-17-23(26(31-33)21-5-4-10-28-15-21)24-8-11-29-25(30-24)14-19-6-7-22-16-32(3)12-9-20(22)13-19/h4-8,10-11,13,15,17,34H,9,12,14,16,18H2,1-3H3. The van der Waals surface area contributed by atoms with Crippen LogP contribution in [0.25, 0.3) is 22.5 Å². The van der Waals surface area contributed by atoms with Crippen LogP contribution in [0.3, 0.4) is 0 Å². The molecule has 7 heteroatoms. The molecule has 5 rings (SSSR count). The van der Waals surface area contributed by atoms with Crippen LogP contribution >= 0.6 is 0 Å². The van der Waals surface area contributed by atoms with E-state index < -0.39 is 5.60 Å². The van der Waals surface area contributed by atoms with E-state index in [4.69, 9.17) is 10.1 Å². The number of aromatic nitrogens is 5. The van der Waals surface area contributed by atoms with E-state index >= 15 is 0 Å². The first kappa shape index (κ1) is 22.4. The van der Waals surface area contributed by atoms with Gasteiger partial charge < -0.3 is 10.0 Å². The highest BCUT2D eigenvalue weighted by atomic mass is 16.3. The Balaban J connectivity index is 1.47. The summed E-state index contributed by atoms with van der Waals surface area (Å²) in [7, 11) is 2.17. The molecule has 0 saturated carbocycles. The van der Waals surface area contributed by atoms with Crippen molar-refractivity contribution in [1.82, 2.24) is 29.6 Å². The summed E-state index contributed by atoms with van der Waals surface area (Å²) in [4.78, 5) is 16.1. The summed E-state index contributed by atoms with van der Waals surface area (Å²) in [5.74, 6) is 0.776. The third-order valence-electron chi connectivity index (χ3n) is 6.06. The zero-order chi connectivity index (χ0) is 23.7. The highest BCUT2D eigenvalue weighted by Gasteiger charge is 2.20. The molecule has 34 heavy (non-hydrogen) atoms. The first-order valence-electron chi connectivity index (χ1n) is 11.7. The van der Waals surface area contributed by atoms with Crippen molar-refractivity contribution in [3.05, 3.63) is 83.7 Å². The third kappa shape index (κ3) is 5.05. The van der Waals surface area contributed by atoms with E-state index in [-0.39, 0.29) is 0 Å². The average Bonchev–Trinajstić information content (AvgIpc) is 3.22. The number of likely N-dealkylation sites (N-methyl/N-ethyl adjacent to an activating group) is 1. The predicted octanol–water partition coefficient (Wildman–Crippen LogP) is 3.75. The van der Waals surface area contributed by atoms with Crippen LogP contribution in [-0.2, 0) is 25.9 Å². The molecule has 0 spiro atoms. The SMILES string of the molecule is CN1CCc2cc(Cc3nccc(-c4cn(CC(C)(C)O)nc4-c4cccnc4)n3)ccc2C1. The van der Waals surface area contributed by atoms with Gasteiger partial charge in [0.1, 0.15) is 11.5 Å². The van der Waals surface area contributed by atoms with E-state index in [9.17, 15) is 5.11 Å². The van der Waals surface area contributed by atoms with E-state index in [0.717, 1.165) is 47.8 Å². The minimum absolute atomic E-state index is 0.377. The molecule has 0 radical (unpaired) electrons. The Morgan fingerprint density at radius 2 is 1.97 bits per heavy atom. The largest absolute Gasteiger partial charge is 0.389 e. The van der Waals surface area contributed by atoms with Crippen LogP contribution in [0.15, 0.2) is 61.2 Å². The van der Waals surface area contributed by atoms with Crippen LogP contribution in [0, 0.1) is 0 Å². The first-order valence-corrected chi connectivity index (χ1v) is 11.7. The average molecular weight is 455 g/mol. The molecule has 1 aromatic carbocycles. The van der Waals surface area contributed by atoms with Gasteiger partial charge in [0, 0.05) is 55.4 Å². The maximum atomic E-state index is 10.3. The minimum Gasteiger partial charge on any atom is -0.389 e. The van der Waals surface area contributed by atoms with Crippen molar-refractivity contribution in [3.63, 3.8) is 0 Å². The summed E-state index contributed by atoms with van der Waals surface area (Å²) in [6.07, 6.45) is 9.06. The van der Waals surface area contributed by atoms with Crippen molar-refractivity contribution in [1.29, 1.82) is 0 Å². The van der Waals surface area contributed by atoms with E-state index in [2.05, 4.69) is 40.1 Å². The summed E-state index contributed by atoms with van der Waals surface area (Å²) in [5.41, 5.74) is 6.59. The van der Waals surface area contributed by atoms with Gasteiger partial charge in [-0.25, -0.2) is 9.97 Å². The van der Waals surface area contributed by atoms with Crippen molar-refractivity contribution in [2.45, 2.75) is 45.4 Å². The van der Waals surface area contributed by atoms with Crippen LogP contribution in [0.4, 0.5) is 0 Å². The van der Waals surface area contributed by atoms with Gasteiger partial charge in [0.25, 0.3) is 0 Å². The van der Waals surface area contributed by atoms with Gasteiger partial charge in [-0.2, -0.15) is 5.10 Å². The number of hydrogen-bond acceptors (Lipinski definition) is 6. The Kier molecular flexibility index (Phi) is 5.98. The van der Waals surface area contributed by atoms with Gasteiger partial charge in [0.2, 0.25) is 0 Å². The monoisotopic (exact) mass is 454 g/mol. The van der Waals surface area contributed by atoms with Crippen LogP contribution < -0.4 is 0 Å². The van der Waals surface area contributed by atoms with Crippen LogP contribution in [0.2, 0.25) is 0 Å². The number of nitrogens with zero attached hydrogens (tertiary/aromatic N) is 6. The normalized spacial score (nSPS) is 14.2. The lowest BCUT2D eigenvalue weighted by molar-refractivity contribution is 0.0578. The summed E-state index contributed by atoms with van der Waals surface area (Å²) in [5, 5.41) is 15.1. The molecular weight excluding hydrogens is 424 g/mol. The highest BCUT2D eigenvalue weighted by molar-refractivity contribution is 5.78. The van der Waals surface area contributed by atoms with Crippen molar-refractivity contribution in [2.24, 2.45) is 0 Å². The second-order valence-electron chi connectivity index (χ2n) is 9.77. The molecule has 1 N–H and O–H groups in total. The Labute approximate surface area is 200 Å². The molecule has 0 amide bonds. The van der Waals surface area contributed by atoms with Gasteiger partial charge in [-0.05, 0) is 62.2 Å². The molecule has 4 heterocycles. The van der Waals surface area contributed by atoms with Crippen molar-refractivity contribution >= 4 is 0 Å². The fourth-order valence-corrected chi connectivity index (χ4v) is 4.48. The van der Waals surface area contributed by atoms with E-state index in [1.54, 1.807) is 30.9 Å². The topological polar surface area (TPSA) is 80.0 Å². The Hall–Kier alpha value is -3.42. The van der Waals surface area contributed by atoms with Crippen LogP contribution in [0.5, 0.6) is 0 Å². The minimum atomic E-state index is -0.881. The van der Waals surface area contributed by atoms with E-state index in [0.29, 0.717) is 13.0 Å². The summed E-state index contributed by atoms with van der Waals surface area (Å²) >= 11 is 0. The number of benzene rings is 1. The van der Waals surface area contributed by atoms with Gasteiger partial charge in [0.15, 0.2) is 0 Å². The molecule has 0 unspecified atom stereocenters. The summed E-state index contributed by atoms with van der Waals surface area (Å²) in [6, 6.07) is 12.5. The predicted molar refractivity (Wildman–Crippen MR) is 132 cm³/mol. The molecule has 0 aliphatic carbocycles. The van der Waals surface area contributed by atoms with Gasteiger partial charge in [-0.1, -0.05) is 18.2 Å². The Bertz CT molecular complexity index is 1290. The van der Waals surface area contributed by atoms with Gasteiger partial charge in [-0.3, -0.25) is 9.67 Å². The lowest BCUT2D eigenvalue weighted by atomic mass is 9.96. The molecule has 0 fully saturated rings. The molecule has 0 bridgehead atoms. The lowest BCUT2D eigenvalue weighted by Crippen LogP contribution is -2.26. The quantitative estimate of drug-likeness (QED) is 0.478. The number of rotatable bonds is 6. The highest BCUT2D eigenvalue weighted by Crippen LogP contribution is 2.30. The molecular formula is C27H30N6O. The molecule has 3 aromatic heterocycles. The first-order chi connectivity index (χ1) is 16.3. The molecule has 0 saturated heterocycles. The second-order valence-corrected chi connectivity index (χ2v) is 9.77. The third-order valence-corrected chi connectivity index (χ3v) is 6.06. The second kappa shape index (κ2) is 9.08. The molecule has 4 aromatic rings. The fourth-order valence-electron chi connectivity index (χ4n) is 4.48. The number of hydrogen-bond donors (Lipinski definition) is 1. The van der Waals surface area contributed by atoms with Crippen molar-refractivity contribution in [3.8, 4) is 22.5 Å². The lowest BCUT2D eigenvalue weighted by Gasteiger charge is -2.25. The number of aliphatic hydroxyl groups is 1. The molecule has 174 valence electrons. The van der Waals surface area contributed by atoms with Crippen LogP contribution in [0.1, 0.15) is 36.4 Å². The summed E-state index contributed by atoms with van der Waals surface area (Å²) in [6.45, 7) is 6.03. The smallest absolute Gasteiger partial charge is 0.133 e. The van der Waals surface area contributed by atoms with Gasteiger partial charge in [-0.15, -0.1) is 0 Å². The zero-order valence-corrected chi connectivity index (χ0v) is 19.9. The Morgan fingerprint density at radius 3 is 2.76 bits per heavy atom. The van der Waals surface area contributed by atoms with Crippen molar-refractivity contribution in [2.75, 3.05) is 13.6 Å². The fraction of sp³-hybridized carbons (Fsp3) is 0.333. The number of pyridine rings is 1. The molecule has 1 aliphatic heterocycles. The van der Waals surface area contributed by atoms with Gasteiger partial charge in [0.05, 0.1) is 17.8 Å². The molecule has 0 atom stereocenters. The van der Waals surface area contributed by atoms with E-state index in [1.807, 2.05) is 30.6 Å². The molecule has 7 nitrogen and oxygen atoms in total. The number of fused-ring (bicyclic) bond motifs is 1. The van der Waals surface area contributed by atoms with Crippen LogP contribution in [-0.4, -0.2) is 53.9 Å². The van der Waals surface area contributed by atoms with Gasteiger partial charge >= 0.3 is 0 Å². The summed E-state index contributed by atoms with van der Waals surface area (Å²) < 4.78 is 1.78. The van der Waals surface area contributed by atoms with E-state index in [1.165, 1.54) is 16.7 Å². The maximum absolute atomic E-state index is 10.3. The van der Waals surface area contributed by atoms with Crippen molar-refractivity contribution < 1.29 is 5.11 Å².